The second kappa shape index (κ2) is 7.52. The van der Waals surface area contributed by atoms with Crippen molar-refractivity contribution in [3.8, 4) is 0 Å². The van der Waals surface area contributed by atoms with Gasteiger partial charge < -0.3 is 15.0 Å². The first-order chi connectivity index (χ1) is 15.4. The van der Waals surface area contributed by atoms with Gasteiger partial charge in [-0.2, -0.15) is 4.39 Å². The van der Waals surface area contributed by atoms with E-state index in [0.29, 0.717) is 17.2 Å². The lowest BCUT2D eigenvalue weighted by Gasteiger charge is -2.46. The van der Waals surface area contributed by atoms with Crippen LogP contribution in [0.5, 0.6) is 0 Å². The van der Waals surface area contributed by atoms with Gasteiger partial charge in [0.25, 0.3) is 5.91 Å². The van der Waals surface area contributed by atoms with Crippen molar-refractivity contribution >= 4 is 17.2 Å². The van der Waals surface area contributed by atoms with Gasteiger partial charge in [0, 0.05) is 18.9 Å². The normalized spacial score (nSPS) is 20.3. The van der Waals surface area contributed by atoms with Crippen LogP contribution in [-0.2, 0) is 19.1 Å². The van der Waals surface area contributed by atoms with Gasteiger partial charge in [0.05, 0.1) is 23.8 Å². The number of rotatable bonds is 5. The van der Waals surface area contributed by atoms with E-state index in [2.05, 4.69) is 27.4 Å². The van der Waals surface area contributed by atoms with Crippen LogP contribution >= 0.6 is 0 Å². The highest BCUT2D eigenvalue weighted by Crippen LogP contribution is 2.51. The molecule has 0 saturated heterocycles. The molecule has 32 heavy (non-hydrogen) atoms. The van der Waals surface area contributed by atoms with Crippen LogP contribution in [0.2, 0.25) is 0 Å². The summed E-state index contributed by atoms with van der Waals surface area (Å²) in [5.74, 6) is 0.442. The van der Waals surface area contributed by atoms with Crippen LogP contribution in [0.25, 0.3) is 5.65 Å². The van der Waals surface area contributed by atoms with E-state index < -0.39 is 11.9 Å². The number of fused-ring (bicyclic) bond motifs is 1. The number of benzene rings is 1. The van der Waals surface area contributed by atoms with E-state index in [1.807, 2.05) is 35.9 Å². The zero-order valence-corrected chi connectivity index (χ0v) is 17.8. The van der Waals surface area contributed by atoms with Crippen molar-refractivity contribution in [3.05, 3.63) is 77.5 Å². The molecule has 1 aromatic carbocycles. The molecule has 5 rings (SSSR count). The number of nitrogens with one attached hydrogen (secondary N) is 1. The Morgan fingerprint density at radius 2 is 2.16 bits per heavy atom. The molecule has 1 saturated carbocycles. The van der Waals surface area contributed by atoms with Crippen LogP contribution in [0, 0.1) is 11.9 Å². The highest BCUT2D eigenvalue weighted by atomic mass is 19.1. The molecule has 0 radical (unpaired) electrons. The number of hydrogen-bond donors (Lipinski definition) is 2. The molecule has 164 valence electrons. The van der Waals surface area contributed by atoms with E-state index in [1.165, 1.54) is 12.3 Å². The SMILES string of the molecule is CC1CC(c2cccc(NC(=O)c3cc(CO)cn4c(F)cnc34)c2)(c2nncn2C)C1. The maximum Gasteiger partial charge on any atom is 0.259 e. The zero-order valence-electron chi connectivity index (χ0n) is 17.8. The van der Waals surface area contributed by atoms with Crippen molar-refractivity contribution in [2.45, 2.75) is 31.8 Å². The van der Waals surface area contributed by atoms with Gasteiger partial charge in [-0.25, -0.2) is 4.98 Å². The fraction of sp³-hybridized carbons (Fsp3) is 0.304. The van der Waals surface area contributed by atoms with Gasteiger partial charge in [-0.1, -0.05) is 19.1 Å². The van der Waals surface area contributed by atoms with Gasteiger partial charge in [-0.3, -0.25) is 9.20 Å². The summed E-state index contributed by atoms with van der Waals surface area (Å²) >= 11 is 0. The van der Waals surface area contributed by atoms with Crippen LogP contribution in [0.15, 0.2) is 49.1 Å². The number of amides is 1. The van der Waals surface area contributed by atoms with Crippen molar-refractivity contribution in [2.75, 3.05) is 5.32 Å². The Hall–Kier alpha value is -3.59. The van der Waals surface area contributed by atoms with Gasteiger partial charge in [0.15, 0.2) is 5.65 Å². The fourth-order valence-electron chi connectivity index (χ4n) is 4.86. The highest BCUT2D eigenvalue weighted by molar-refractivity contribution is 6.08. The predicted molar refractivity (Wildman–Crippen MR) is 116 cm³/mol. The minimum atomic E-state index is -0.601. The predicted octanol–water partition coefficient (Wildman–Crippen LogP) is 3.06. The van der Waals surface area contributed by atoms with Crippen molar-refractivity contribution < 1.29 is 14.3 Å². The largest absolute Gasteiger partial charge is 0.392 e. The van der Waals surface area contributed by atoms with Crippen LogP contribution in [0.1, 0.15) is 47.1 Å². The monoisotopic (exact) mass is 434 g/mol. The summed E-state index contributed by atoms with van der Waals surface area (Å²) in [6.07, 6.45) is 6.08. The van der Waals surface area contributed by atoms with Crippen LogP contribution in [0.3, 0.4) is 0 Å². The average molecular weight is 434 g/mol. The molecule has 0 atom stereocenters. The van der Waals surface area contributed by atoms with E-state index in [-0.39, 0.29) is 23.2 Å². The summed E-state index contributed by atoms with van der Waals surface area (Å²) in [6, 6.07) is 9.24. The molecule has 1 aliphatic carbocycles. The van der Waals surface area contributed by atoms with E-state index in [0.717, 1.165) is 34.8 Å². The number of nitrogens with zero attached hydrogens (tertiary/aromatic N) is 5. The molecule has 1 fully saturated rings. The number of pyridine rings is 1. The molecular weight excluding hydrogens is 411 g/mol. The van der Waals surface area contributed by atoms with Crippen LogP contribution in [0.4, 0.5) is 10.1 Å². The second-order valence-electron chi connectivity index (χ2n) is 8.59. The Balaban J connectivity index is 1.49. The summed E-state index contributed by atoms with van der Waals surface area (Å²) in [5, 5.41) is 20.8. The van der Waals surface area contributed by atoms with E-state index in [4.69, 9.17) is 0 Å². The molecule has 0 unspecified atom stereocenters. The summed E-state index contributed by atoms with van der Waals surface area (Å²) < 4.78 is 17.1. The summed E-state index contributed by atoms with van der Waals surface area (Å²) in [4.78, 5) is 17.1. The summed E-state index contributed by atoms with van der Waals surface area (Å²) in [5.41, 5.74) is 2.22. The minimum Gasteiger partial charge on any atom is -0.392 e. The summed E-state index contributed by atoms with van der Waals surface area (Å²) in [6.45, 7) is 1.89. The summed E-state index contributed by atoms with van der Waals surface area (Å²) in [7, 11) is 1.94. The number of aliphatic hydroxyl groups is 1. The van der Waals surface area contributed by atoms with E-state index in [9.17, 15) is 14.3 Å². The van der Waals surface area contributed by atoms with Gasteiger partial charge in [-0.05, 0) is 48.1 Å². The molecule has 8 nitrogen and oxygen atoms in total. The Morgan fingerprint density at radius 1 is 1.34 bits per heavy atom. The van der Waals surface area contributed by atoms with Gasteiger partial charge in [0.2, 0.25) is 5.95 Å². The maximum absolute atomic E-state index is 14.0. The zero-order chi connectivity index (χ0) is 22.5. The fourth-order valence-corrected chi connectivity index (χ4v) is 4.86. The third-order valence-corrected chi connectivity index (χ3v) is 6.25. The first-order valence-electron chi connectivity index (χ1n) is 10.4. The Bertz CT molecular complexity index is 1320. The first kappa shape index (κ1) is 20.3. The molecule has 1 aliphatic rings. The number of imidazole rings is 1. The maximum atomic E-state index is 14.0. The number of carbonyl (C=O) groups is 1. The lowest BCUT2D eigenvalue weighted by molar-refractivity contribution is 0.102. The smallest absolute Gasteiger partial charge is 0.259 e. The first-order valence-corrected chi connectivity index (χ1v) is 10.4. The molecule has 3 aromatic heterocycles. The number of aliphatic hydroxyl groups excluding tert-OH is 1. The third-order valence-electron chi connectivity index (χ3n) is 6.25. The number of hydrogen-bond acceptors (Lipinski definition) is 5. The second-order valence-corrected chi connectivity index (χ2v) is 8.59. The molecular formula is C23H23FN6O2. The highest BCUT2D eigenvalue weighted by Gasteiger charge is 2.48. The Morgan fingerprint density at radius 3 is 2.84 bits per heavy atom. The number of anilines is 1. The number of halogens is 1. The molecule has 0 bridgehead atoms. The standard InChI is InChI=1S/C23H23FN6O2/c1-14-8-23(9-14,22-28-26-13-29(22)2)16-4-3-5-17(7-16)27-21(32)18-6-15(12-31)11-30-19(24)10-25-20(18)30/h3-7,10-11,13-14,31H,8-9,12H2,1-2H3,(H,27,32). The molecule has 4 aromatic rings. The molecule has 3 heterocycles. The molecule has 1 amide bonds. The average Bonchev–Trinajstić information content (AvgIpc) is 3.36. The van der Waals surface area contributed by atoms with Crippen LogP contribution in [-0.4, -0.2) is 35.2 Å². The van der Waals surface area contributed by atoms with Gasteiger partial charge in [-0.15, -0.1) is 10.2 Å². The minimum absolute atomic E-state index is 0.186. The van der Waals surface area contributed by atoms with Crippen molar-refractivity contribution in [1.29, 1.82) is 0 Å². The number of aryl methyl sites for hydroxylation is 1. The molecule has 0 aliphatic heterocycles. The van der Waals surface area contributed by atoms with Gasteiger partial charge in [0.1, 0.15) is 12.2 Å². The number of carbonyl (C=O) groups excluding carboxylic acids is 1. The van der Waals surface area contributed by atoms with Crippen molar-refractivity contribution in [1.82, 2.24) is 24.1 Å². The van der Waals surface area contributed by atoms with E-state index in [1.54, 1.807) is 6.33 Å². The van der Waals surface area contributed by atoms with E-state index >= 15 is 0 Å². The number of aromatic nitrogens is 5. The molecule has 2 N–H and O–H groups in total. The lowest BCUT2D eigenvalue weighted by Crippen LogP contribution is -2.43. The molecule has 0 spiro atoms. The topological polar surface area (TPSA) is 97.3 Å². The Labute approximate surface area is 183 Å². The van der Waals surface area contributed by atoms with Crippen LogP contribution < -0.4 is 5.32 Å². The molecule has 9 heteroatoms. The van der Waals surface area contributed by atoms with Crippen molar-refractivity contribution in [3.63, 3.8) is 0 Å². The Kier molecular flexibility index (Phi) is 4.78. The lowest BCUT2D eigenvalue weighted by atomic mass is 9.58. The van der Waals surface area contributed by atoms with Gasteiger partial charge >= 0.3 is 0 Å². The third kappa shape index (κ3) is 3.16. The van der Waals surface area contributed by atoms with Crippen molar-refractivity contribution in [2.24, 2.45) is 13.0 Å². The quantitative estimate of drug-likeness (QED) is 0.503.